The second-order valence-electron chi connectivity index (χ2n) is 22.4. The number of benzene rings is 3. The highest BCUT2D eigenvalue weighted by Gasteiger charge is 2.41. The summed E-state index contributed by atoms with van der Waals surface area (Å²) in [6, 6.07) is 15.1. The van der Waals surface area contributed by atoms with E-state index in [0.29, 0.717) is 80.5 Å². The van der Waals surface area contributed by atoms with E-state index < -0.39 is 102 Å². The first-order valence-corrected chi connectivity index (χ1v) is 31.0. The number of fused-ring (bicyclic) bond motifs is 1. The number of carbonyl (C=O) groups is 9. The fraction of sp³-hybridized carbons (Fsp3) is 0.508. The van der Waals surface area contributed by atoms with Crippen LogP contribution in [0.3, 0.4) is 0 Å². The lowest BCUT2D eigenvalue weighted by molar-refractivity contribution is -0.142. The van der Waals surface area contributed by atoms with Gasteiger partial charge in [0.05, 0.1) is 6.04 Å². The lowest BCUT2D eigenvalue weighted by Gasteiger charge is -2.31. The summed E-state index contributed by atoms with van der Waals surface area (Å²) >= 11 is 1.56. The molecule has 3 heterocycles. The number of hydrogen-bond donors (Lipinski definition) is 12. The zero-order valence-electron chi connectivity index (χ0n) is 49.5. The number of nitrogens with two attached hydrogens (primary N) is 5. The van der Waals surface area contributed by atoms with E-state index in [1.54, 1.807) is 86.4 Å². The number of primary amides is 1. The number of carbonyl (C=O) groups excluding carboxylic acids is 9. The molecule has 4 aromatic rings. The Bertz CT molecular complexity index is 2960. The third-order valence-corrected chi connectivity index (χ3v) is 16.2. The largest absolute Gasteiger partial charge is 0.370 e. The number of para-hydroxylation sites is 1. The van der Waals surface area contributed by atoms with Gasteiger partial charge in [-0.1, -0.05) is 92.7 Å². The molecular formula is C61H87N15O9S. The van der Waals surface area contributed by atoms with Gasteiger partial charge in [0, 0.05) is 56.0 Å². The van der Waals surface area contributed by atoms with Gasteiger partial charge in [-0.15, -0.1) is 0 Å². The topological polar surface area (TPSA) is 391 Å². The van der Waals surface area contributed by atoms with E-state index in [-0.39, 0.29) is 69.4 Å². The first kappa shape index (κ1) is 67.1. The third kappa shape index (κ3) is 19.5. The molecule has 9 amide bonds. The molecule has 2 aliphatic rings. The Hall–Kier alpha value is -8.03. The fourth-order valence-corrected chi connectivity index (χ4v) is 11.4. The van der Waals surface area contributed by atoms with E-state index >= 15 is 9.59 Å². The van der Waals surface area contributed by atoms with E-state index in [9.17, 15) is 33.6 Å². The average molecular weight is 1210 g/mol. The van der Waals surface area contributed by atoms with Crippen molar-refractivity contribution in [2.45, 2.75) is 152 Å². The quantitative estimate of drug-likeness (QED) is 0.0176. The number of aliphatic imine (C=N–C) groups is 1. The van der Waals surface area contributed by atoms with Crippen molar-refractivity contribution < 1.29 is 43.2 Å². The highest BCUT2D eigenvalue weighted by Crippen LogP contribution is 2.24. The van der Waals surface area contributed by atoms with Gasteiger partial charge >= 0.3 is 0 Å². The molecule has 25 heteroatoms. The number of unbranched alkanes of at least 4 members (excludes halogenated alkanes) is 1. The van der Waals surface area contributed by atoms with Gasteiger partial charge in [-0.25, -0.2) is 0 Å². The van der Waals surface area contributed by atoms with Crippen LogP contribution in [0.25, 0.3) is 10.9 Å². The average Bonchev–Trinajstić information content (AvgIpc) is 3.17. The minimum absolute atomic E-state index is 0.00815. The molecule has 2 aliphatic heterocycles. The van der Waals surface area contributed by atoms with E-state index in [4.69, 9.17) is 28.7 Å². The summed E-state index contributed by atoms with van der Waals surface area (Å²) in [7, 11) is 0. The Kier molecular flexibility index (Phi) is 26.2. The minimum atomic E-state index is -1.40. The van der Waals surface area contributed by atoms with Crippen molar-refractivity contribution in [2.24, 2.45) is 39.6 Å². The molecule has 0 radical (unpaired) electrons. The van der Waals surface area contributed by atoms with Crippen LogP contribution < -0.4 is 60.6 Å². The van der Waals surface area contributed by atoms with Crippen LogP contribution in [0.5, 0.6) is 0 Å². The second kappa shape index (κ2) is 33.6. The molecule has 466 valence electrons. The zero-order chi connectivity index (χ0) is 62.3. The van der Waals surface area contributed by atoms with Crippen molar-refractivity contribution in [3.05, 3.63) is 108 Å². The van der Waals surface area contributed by atoms with Gasteiger partial charge < -0.3 is 75.4 Å². The summed E-state index contributed by atoms with van der Waals surface area (Å²) in [5, 5.41) is 17.9. The van der Waals surface area contributed by atoms with Crippen LogP contribution in [0.2, 0.25) is 0 Å². The lowest BCUT2D eigenvalue weighted by atomic mass is 10.00. The van der Waals surface area contributed by atoms with Crippen molar-refractivity contribution >= 4 is 81.8 Å². The van der Waals surface area contributed by atoms with Crippen LogP contribution in [0.15, 0.2) is 96.1 Å². The Labute approximate surface area is 506 Å². The van der Waals surface area contributed by atoms with Gasteiger partial charge in [0.25, 0.3) is 0 Å². The molecule has 2 fully saturated rings. The number of hydrogen-bond acceptors (Lipinski definition) is 13. The third-order valence-electron chi connectivity index (χ3n) is 15.6. The lowest BCUT2D eigenvalue weighted by Crippen LogP contribution is -2.61. The molecule has 86 heavy (non-hydrogen) atoms. The summed E-state index contributed by atoms with van der Waals surface area (Å²) in [5.41, 5.74) is 31.9. The molecule has 1 aromatic heterocycles. The molecule has 3 aromatic carbocycles. The Morgan fingerprint density at radius 3 is 1.66 bits per heavy atom. The molecule has 2 saturated heterocycles. The van der Waals surface area contributed by atoms with Crippen LogP contribution in [0.4, 0.5) is 0 Å². The number of guanidine groups is 1. The van der Waals surface area contributed by atoms with Crippen molar-refractivity contribution in [2.75, 3.05) is 38.2 Å². The summed E-state index contributed by atoms with van der Waals surface area (Å²) in [4.78, 5) is 139. The first-order valence-electron chi connectivity index (χ1n) is 29.6. The molecule has 0 aliphatic carbocycles. The van der Waals surface area contributed by atoms with Crippen LogP contribution in [-0.4, -0.2) is 166 Å². The molecule has 0 saturated carbocycles. The number of rotatable bonds is 33. The highest BCUT2D eigenvalue weighted by atomic mass is 32.2. The molecule has 24 nitrogen and oxygen atoms in total. The van der Waals surface area contributed by atoms with Gasteiger partial charge in [-0.05, 0) is 111 Å². The van der Waals surface area contributed by atoms with Gasteiger partial charge in [-0.3, -0.25) is 48.1 Å². The normalized spacial score (nSPS) is 17.3. The van der Waals surface area contributed by atoms with Gasteiger partial charge in [0.2, 0.25) is 53.2 Å². The standard InChI is InChI=1S/C61H87N15O9S/c1-37(2)51(52(64)77)74-58(83)50-26-16-31-76(50)60(85)45(23-12-13-28-62)70-55(80)46(33-38-17-6-4-7-18-38)71-56(81)48(35-40-36-68-43-22-11-10-21-41(40)43)72-53(78)44(24-14-29-67-61(65)66)69-54(79)47(34-39-19-8-5-9-20-39)73-57(82)49-25-15-30-75(49)59(84)42(63)27-32-86-3/h4-11,17-22,36-37,42,44-51,68H,12-16,23-35,62-63H2,1-3H3,(H2,64,77)(H,69,79)(H,70,80)(H,71,81)(H,72,78)(H,73,82)(H,74,83)(H4,65,66,67)/t42-,44-,45-,46-,47-,48-,49-,50-,51-/m0/s1. The molecule has 0 bridgehead atoms. The highest BCUT2D eigenvalue weighted by molar-refractivity contribution is 7.98. The van der Waals surface area contributed by atoms with Gasteiger partial charge in [0.1, 0.15) is 48.3 Å². The van der Waals surface area contributed by atoms with Crippen LogP contribution in [0.1, 0.15) is 94.7 Å². The van der Waals surface area contributed by atoms with Crippen molar-refractivity contribution in [3.8, 4) is 0 Å². The van der Waals surface area contributed by atoms with E-state index in [1.807, 2.05) is 36.6 Å². The van der Waals surface area contributed by atoms with Gasteiger partial charge in [-0.2, -0.15) is 11.8 Å². The number of H-pyrrole nitrogens is 1. The predicted molar refractivity (Wildman–Crippen MR) is 331 cm³/mol. The first-order chi connectivity index (χ1) is 41.3. The van der Waals surface area contributed by atoms with Crippen molar-refractivity contribution in [1.82, 2.24) is 46.7 Å². The van der Waals surface area contributed by atoms with Crippen molar-refractivity contribution in [3.63, 3.8) is 0 Å². The van der Waals surface area contributed by atoms with E-state index in [2.05, 4.69) is 41.9 Å². The molecule has 0 unspecified atom stereocenters. The Balaban J connectivity index is 1.30. The summed E-state index contributed by atoms with van der Waals surface area (Å²) in [6.07, 6.45) is 6.83. The van der Waals surface area contributed by atoms with Gasteiger partial charge in [0.15, 0.2) is 5.96 Å². The maximum atomic E-state index is 15.2. The fourth-order valence-electron chi connectivity index (χ4n) is 10.9. The summed E-state index contributed by atoms with van der Waals surface area (Å²) in [5.74, 6) is -5.56. The Morgan fingerprint density at radius 2 is 1.10 bits per heavy atom. The van der Waals surface area contributed by atoms with Crippen molar-refractivity contribution in [1.29, 1.82) is 0 Å². The molecule has 17 N–H and O–H groups in total. The Morgan fingerprint density at radius 1 is 0.605 bits per heavy atom. The maximum Gasteiger partial charge on any atom is 0.245 e. The molecule has 6 rings (SSSR count). The molecular weight excluding hydrogens is 1120 g/mol. The van der Waals surface area contributed by atoms with E-state index in [1.165, 1.54) is 9.80 Å². The second-order valence-corrected chi connectivity index (χ2v) is 23.4. The van der Waals surface area contributed by atoms with Crippen LogP contribution >= 0.6 is 11.8 Å². The number of thioether (sulfide) groups is 1. The number of aromatic amines is 1. The van der Waals surface area contributed by atoms with E-state index in [0.717, 1.165) is 10.9 Å². The number of likely N-dealkylation sites (tertiary alicyclic amines) is 2. The number of amides is 9. The van der Waals surface area contributed by atoms with Crippen LogP contribution in [0, 0.1) is 5.92 Å². The predicted octanol–water partition coefficient (Wildman–Crippen LogP) is 0.491. The summed E-state index contributed by atoms with van der Waals surface area (Å²) in [6.45, 7) is 4.39. The zero-order valence-corrected chi connectivity index (χ0v) is 50.3. The minimum Gasteiger partial charge on any atom is -0.370 e. The maximum absolute atomic E-state index is 15.2. The number of aromatic nitrogens is 1. The smallest absolute Gasteiger partial charge is 0.245 e. The monoisotopic (exact) mass is 1210 g/mol. The molecule has 0 spiro atoms. The number of nitrogens with zero attached hydrogens (tertiary/aromatic N) is 3. The SMILES string of the molecule is CSCC[C@H](N)C(=O)N1CCC[C@H]1C(=O)N[C@@H](Cc1ccccc1)C(=O)N[C@@H](CCCN=C(N)N)C(=O)N[C@@H](Cc1c[nH]c2ccccc12)C(=O)N[C@@H](Cc1ccccc1)C(=O)N[C@@H](CCCCN)C(=O)N1CCC[C@H]1C(=O)N[C@H](C(N)=O)C(C)C. The molecule has 9 atom stereocenters. The van der Waals surface area contributed by atoms with Crippen LogP contribution in [-0.2, 0) is 62.4 Å². The summed E-state index contributed by atoms with van der Waals surface area (Å²) < 4.78 is 0. The number of nitrogens with one attached hydrogen (secondary N) is 7.